The van der Waals surface area contributed by atoms with Gasteiger partial charge in [0.2, 0.25) is 0 Å². The first-order valence-electron chi connectivity index (χ1n) is 5.69. The van der Waals surface area contributed by atoms with E-state index in [2.05, 4.69) is 11.9 Å². The van der Waals surface area contributed by atoms with Gasteiger partial charge in [-0.2, -0.15) is 0 Å². The van der Waals surface area contributed by atoms with Crippen LogP contribution in [0.3, 0.4) is 0 Å². The summed E-state index contributed by atoms with van der Waals surface area (Å²) in [5.41, 5.74) is 1.52. The number of aryl methyl sites for hydroxylation is 1. The summed E-state index contributed by atoms with van der Waals surface area (Å²) in [7, 11) is 0. The monoisotopic (exact) mass is 283 g/mol. The molecule has 0 unspecified atom stereocenters. The molecule has 2 aromatic rings. The second-order valence-electron chi connectivity index (χ2n) is 3.75. The van der Waals surface area contributed by atoms with Crippen molar-refractivity contribution < 1.29 is 9.84 Å². The Morgan fingerprint density at radius 2 is 2.28 bits per heavy atom. The van der Waals surface area contributed by atoms with Gasteiger partial charge >= 0.3 is 0 Å². The minimum Gasteiger partial charge on any atom is -0.487 e. The van der Waals surface area contributed by atoms with Crippen LogP contribution in [-0.4, -0.2) is 10.1 Å². The van der Waals surface area contributed by atoms with Crippen LogP contribution >= 0.6 is 22.9 Å². The van der Waals surface area contributed by atoms with Crippen LogP contribution in [0.2, 0.25) is 5.02 Å². The topological polar surface area (TPSA) is 42.4 Å². The normalized spacial score (nSPS) is 10.6. The largest absolute Gasteiger partial charge is 0.487 e. The Morgan fingerprint density at radius 1 is 1.44 bits per heavy atom. The maximum Gasteiger partial charge on any atom is 0.131 e. The fourth-order valence-corrected chi connectivity index (χ4v) is 2.51. The molecule has 18 heavy (non-hydrogen) atoms. The van der Waals surface area contributed by atoms with E-state index < -0.39 is 0 Å². The number of hydrogen-bond donors (Lipinski definition) is 1. The van der Waals surface area contributed by atoms with Crippen molar-refractivity contribution in [2.24, 2.45) is 0 Å². The molecule has 1 heterocycles. The summed E-state index contributed by atoms with van der Waals surface area (Å²) in [4.78, 5) is 4.42. The fourth-order valence-electron chi connectivity index (χ4n) is 1.56. The predicted molar refractivity (Wildman–Crippen MR) is 73.2 cm³/mol. The number of nitrogens with zero attached hydrogens (tertiary/aromatic N) is 1. The maximum absolute atomic E-state index is 9.26. The van der Waals surface area contributed by atoms with Gasteiger partial charge in [-0.1, -0.05) is 24.6 Å². The number of halogens is 1. The lowest BCUT2D eigenvalue weighted by atomic mass is 10.2. The molecular weight excluding hydrogens is 270 g/mol. The molecule has 2 rings (SSSR count). The summed E-state index contributed by atoms with van der Waals surface area (Å²) >= 11 is 7.62. The average molecular weight is 284 g/mol. The summed E-state index contributed by atoms with van der Waals surface area (Å²) in [6.07, 6.45) is 0.934. The van der Waals surface area contributed by atoms with E-state index in [0.717, 1.165) is 17.1 Å². The molecule has 3 nitrogen and oxygen atoms in total. The molecule has 1 aromatic carbocycles. The van der Waals surface area contributed by atoms with Crippen molar-refractivity contribution in [3.05, 3.63) is 44.9 Å². The van der Waals surface area contributed by atoms with Gasteiger partial charge in [-0.25, -0.2) is 4.98 Å². The van der Waals surface area contributed by atoms with E-state index in [-0.39, 0.29) is 6.61 Å². The molecule has 0 aliphatic carbocycles. The zero-order valence-electron chi connectivity index (χ0n) is 10.0. The number of aliphatic hydroxyl groups is 1. The highest BCUT2D eigenvalue weighted by atomic mass is 35.5. The number of thiazole rings is 1. The number of benzene rings is 1. The Labute approximate surface area is 115 Å². The molecule has 0 saturated carbocycles. The average Bonchev–Trinajstić information content (AvgIpc) is 2.84. The first-order valence-corrected chi connectivity index (χ1v) is 6.94. The van der Waals surface area contributed by atoms with Gasteiger partial charge in [0.15, 0.2) is 0 Å². The Morgan fingerprint density at radius 3 is 2.94 bits per heavy atom. The van der Waals surface area contributed by atoms with Gasteiger partial charge in [0.25, 0.3) is 0 Å². The van der Waals surface area contributed by atoms with Gasteiger partial charge in [-0.15, -0.1) is 11.3 Å². The fraction of sp³-hybridized carbons (Fsp3) is 0.308. The zero-order valence-corrected chi connectivity index (χ0v) is 11.6. The Balaban J connectivity index is 2.08. The highest BCUT2D eigenvalue weighted by Gasteiger charge is 2.08. The van der Waals surface area contributed by atoms with Gasteiger partial charge < -0.3 is 9.84 Å². The molecule has 0 saturated heterocycles. The Kier molecular flexibility index (Phi) is 4.58. The molecule has 0 amide bonds. The van der Waals surface area contributed by atoms with E-state index in [1.165, 1.54) is 0 Å². The van der Waals surface area contributed by atoms with Crippen LogP contribution in [0.15, 0.2) is 23.6 Å². The minimum atomic E-state index is -0.133. The second-order valence-corrected chi connectivity index (χ2v) is 5.10. The quantitative estimate of drug-likeness (QED) is 0.914. The first kappa shape index (κ1) is 13.3. The van der Waals surface area contributed by atoms with Crippen molar-refractivity contribution in [1.29, 1.82) is 0 Å². The summed E-state index contributed by atoms with van der Waals surface area (Å²) in [6, 6.07) is 5.33. The summed E-state index contributed by atoms with van der Waals surface area (Å²) < 4.78 is 5.65. The molecule has 0 aliphatic rings. The zero-order chi connectivity index (χ0) is 13.0. The number of ether oxygens (including phenoxy) is 1. The Bertz CT molecular complexity index is 527. The third kappa shape index (κ3) is 3.02. The molecule has 1 N–H and O–H groups in total. The van der Waals surface area contributed by atoms with Crippen molar-refractivity contribution in [2.75, 3.05) is 0 Å². The van der Waals surface area contributed by atoms with Gasteiger partial charge in [-0.3, -0.25) is 0 Å². The summed E-state index contributed by atoms with van der Waals surface area (Å²) in [6.45, 7) is 2.33. The molecule has 96 valence electrons. The van der Waals surface area contributed by atoms with Crippen molar-refractivity contribution in [3.63, 3.8) is 0 Å². The van der Waals surface area contributed by atoms with Gasteiger partial charge in [0.1, 0.15) is 12.4 Å². The van der Waals surface area contributed by atoms with E-state index >= 15 is 0 Å². The van der Waals surface area contributed by atoms with E-state index in [1.807, 2.05) is 5.38 Å². The van der Waals surface area contributed by atoms with E-state index in [4.69, 9.17) is 16.3 Å². The Hall–Kier alpha value is -1.10. The SMILES string of the molecule is CCc1nc(COc2cccc(Cl)c2CO)cs1. The lowest BCUT2D eigenvalue weighted by Gasteiger charge is -2.10. The number of aliphatic hydroxyl groups excluding tert-OH is 1. The van der Waals surface area contributed by atoms with E-state index in [9.17, 15) is 5.11 Å². The molecule has 0 radical (unpaired) electrons. The lowest BCUT2D eigenvalue weighted by Crippen LogP contribution is -1.99. The van der Waals surface area contributed by atoms with Crippen LogP contribution in [0.5, 0.6) is 5.75 Å². The number of aromatic nitrogens is 1. The second kappa shape index (κ2) is 6.18. The van der Waals surface area contributed by atoms with Gasteiger partial charge in [0.05, 0.1) is 17.3 Å². The van der Waals surface area contributed by atoms with Crippen LogP contribution in [0.1, 0.15) is 23.2 Å². The standard InChI is InChI=1S/C13H14ClNO2S/c1-2-13-15-9(8-18-13)7-17-12-5-3-4-11(14)10(12)6-16/h3-5,8,16H,2,6-7H2,1H3. The summed E-state index contributed by atoms with van der Waals surface area (Å²) in [5, 5.41) is 12.9. The van der Waals surface area contributed by atoms with Crippen molar-refractivity contribution >= 4 is 22.9 Å². The van der Waals surface area contributed by atoms with Crippen LogP contribution < -0.4 is 4.74 Å². The van der Waals surface area contributed by atoms with E-state index in [1.54, 1.807) is 29.5 Å². The van der Waals surface area contributed by atoms with Crippen molar-refractivity contribution in [2.45, 2.75) is 26.6 Å². The van der Waals surface area contributed by atoms with Crippen molar-refractivity contribution in [3.8, 4) is 5.75 Å². The van der Waals surface area contributed by atoms with Crippen LogP contribution in [0.4, 0.5) is 0 Å². The third-order valence-electron chi connectivity index (χ3n) is 2.51. The number of rotatable bonds is 5. The highest BCUT2D eigenvalue weighted by Crippen LogP contribution is 2.27. The minimum absolute atomic E-state index is 0.133. The molecule has 0 atom stereocenters. The molecule has 0 bridgehead atoms. The van der Waals surface area contributed by atoms with Crippen molar-refractivity contribution in [1.82, 2.24) is 4.98 Å². The van der Waals surface area contributed by atoms with E-state index in [0.29, 0.717) is 22.9 Å². The maximum atomic E-state index is 9.26. The molecular formula is C13H14ClNO2S. The van der Waals surface area contributed by atoms with Crippen LogP contribution in [-0.2, 0) is 19.6 Å². The molecule has 5 heteroatoms. The first-order chi connectivity index (χ1) is 8.74. The lowest BCUT2D eigenvalue weighted by molar-refractivity contribution is 0.258. The van der Waals surface area contributed by atoms with Crippen LogP contribution in [0.25, 0.3) is 0 Å². The molecule has 0 fully saturated rings. The third-order valence-corrected chi connectivity index (χ3v) is 3.91. The molecule has 1 aromatic heterocycles. The van der Waals surface area contributed by atoms with Crippen LogP contribution in [0, 0.1) is 0 Å². The predicted octanol–water partition coefficient (Wildman–Crippen LogP) is 3.43. The summed E-state index contributed by atoms with van der Waals surface area (Å²) in [5.74, 6) is 0.607. The van der Waals surface area contributed by atoms with Gasteiger partial charge in [0, 0.05) is 16.0 Å². The molecule has 0 spiro atoms. The highest BCUT2D eigenvalue weighted by molar-refractivity contribution is 7.09. The smallest absolute Gasteiger partial charge is 0.131 e. The molecule has 0 aliphatic heterocycles. The van der Waals surface area contributed by atoms with Gasteiger partial charge in [-0.05, 0) is 18.6 Å². The number of hydrogen-bond acceptors (Lipinski definition) is 4.